The fourth-order valence-electron chi connectivity index (χ4n) is 3.87. The lowest BCUT2D eigenvalue weighted by atomic mass is 9.95. The van der Waals surface area contributed by atoms with E-state index >= 15 is 0 Å². The highest BCUT2D eigenvalue weighted by molar-refractivity contribution is 7.99. The topological polar surface area (TPSA) is 49.4 Å². The molecule has 1 unspecified atom stereocenters. The van der Waals surface area contributed by atoms with E-state index in [0.717, 1.165) is 31.2 Å². The lowest BCUT2D eigenvalue weighted by Crippen LogP contribution is -2.51. The van der Waals surface area contributed by atoms with Crippen molar-refractivity contribution < 1.29 is 14.0 Å². The maximum Gasteiger partial charge on any atom is 0.242 e. The van der Waals surface area contributed by atoms with Crippen molar-refractivity contribution in [2.24, 2.45) is 0 Å². The molecule has 31 heavy (non-hydrogen) atoms. The minimum atomic E-state index is -0.661. The van der Waals surface area contributed by atoms with Crippen LogP contribution >= 0.6 is 11.8 Å². The van der Waals surface area contributed by atoms with Crippen molar-refractivity contribution in [3.8, 4) is 0 Å². The summed E-state index contributed by atoms with van der Waals surface area (Å²) in [4.78, 5) is 27.5. The first-order valence-corrected chi connectivity index (χ1v) is 12.1. The van der Waals surface area contributed by atoms with E-state index in [1.807, 2.05) is 30.3 Å². The van der Waals surface area contributed by atoms with Crippen molar-refractivity contribution in [2.45, 2.75) is 63.4 Å². The van der Waals surface area contributed by atoms with Crippen LogP contribution in [0.1, 0.15) is 50.2 Å². The molecule has 0 aromatic heterocycles. The molecule has 4 nitrogen and oxygen atoms in total. The summed E-state index contributed by atoms with van der Waals surface area (Å²) in [6.07, 6.45) is 5.40. The highest BCUT2D eigenvalue weighted by Crippen LogP contribution is 2.20. The summed E-state index contributed by atoms with van der Waals surface area (Å²) in [5.74, 6) is 0.268. The van der Waals surface area contributed by atoms with Gasteiger partial charge in [-0.25, -0.2) is 4.39 Å². The molecule has 3 rings (SSSR count). The van der Waals surface area contributed by atoms with Crippen LogP contribution in [-0.4, -0.2) is 34.6 Å². The van der Waals surface area contributed by atoms with Gasteiger partial charge in [0.15, 0.2) is 0 Å². The van der Waals surface area contributed by atoms with Gasteiger partial charge in [-0.3, -0.25) is 9.59 Å². The highest BCUT2D eigenvalue weighted by Gasteiger charge is 2.28. The van der Waals surface area contributed by atoms with Gasteiger partial charge in [0.2, 0.25) is 11.8 Å². The number of rotatable bonds is 9. The molecular weight excluding hydrogens is 411 g/mol. The number of halogens is 1. The predicted molar refractivity (Wildman–Crippen MR) is 124 cm³/mol. The van der Waals surface area contributed by atoms with Crippen molar-refractivity contribution in [2.75, 3.05) is 5.75 Å². The molecule has 1 aliphatic carbocycles. The Morgan fingerprint density at radius 1 is 1.06 bits per heavy atom. The standard InChI is InChI=1S/C25H31FN2O2S/c1-19(25(30)27-22-13-6-3-7-14-22)28(16-21-12-8-9-15-23(21)26)24(29)18-31-17-20-10-4-2-5-11-20/h2,4-5,8-12,15,19,22H,3,6-7,13-14,16-18H2,1H3,(H,27,30). The fourth-order valence-corrected chi connectivity index (χ4v) is 4.75. The summed E-state index contributed by atoms with van der Waals surface area (Å²) in [5.41, 5.74) is 1.56. The molecular formula is C25H31FN2O2S. The Labute approximate surface area is 188 Å². The van der Waals surface area contributed by atoms with Crippen LogP contribution in [0.3, 0.4) is 0 Å². The molecule has 0 bridgehead atoms. The Morgan fingerprint density at radius 2 is 1.74 bits per heavy atom. The molecule has 166 valence electrons. The fraction of sp³-hybridized carbons (Fsp3) is 0.440. The van der Waals surface area contributed by atoms with Crippen LogP contribution in [0.2, 0.25) is 0 Å². The van der Waals surface area contributed by atoms with E-state index in [0.29, 0.717) is 11.3 Å². The maximum atomic E-state index is 14.3. The number of benzene rings is 2. The molecule has 1 N–H and O–H groups in total. The summed E-state index contributed by atoms with van der Waals surface area (Å²) in [5, 5.41) is 3.10. The van der Waals surface area contributed by atoms with Crippen LogP contribution in [0, 0.1) is 5.82 Å². The Morgan fingerprint density at radius 3 is 2.45 bits per heavy atom. The molecule has 1 atom stereocenters. The van der Waals surface area contributed by atoms with Crippen molar-refractivity contribution >= 4 is 23.6 Å². The molecule has 2 aromatic carbocycles. The van der Waals surface area contributed by atoms with E-state index in [1.165, 1.54) is 29.1 Å². The molecule has 0 saturated heterocycles. The van der Waals surface area contributed by atoms with Crippen LogP contribution < -0.4 is 5.32 Å². The van der Waals surface area contributed by atoms with E-state index in [9.17, 15) is 14.0 Å². The van der Waals surface area contributed by atoms with Gasteiger partial charge < -0.3 is 10.2 Å². The Kier molecular flexibility index (Phi) is 8.95. The lowest BCUT2D eigenvalue weighted by Gasteiger charge is -2.31. The third-order valence-electron chi connectivity index (χ3n) is 5.75. The molecule has 1 fully saturated rings. The summed E-state index contributed by atoms with van der Waals surface area (Å²) in [6.45, 7) is 1.81. The molecule has 2 amide bonds. The second-order valence-electron chi connectivity index (χ2n) is 8.11. The van der Waals surface area contributed by atoms with E-state index < -0.39 is 6.04 Å². The van der Waals surface area contributed by atoms with Crippen molar-refractivity contribution in [1.29, 1.82) is 0 Å². The number of carbonyl (C=O) groups is 2. The number of hydrogen-bond acceptors (Lipinski definition) is 3. The summed E-state index contributed by atoms with van der Waals surface area (Å²) in [6, 6.07) is 15.9. The Hall–Kier alpha value is -2.34. The molecule has 0 radical (unpaired) electrons. The van der Waals surface area contributed by atoms with Gasteiger partial charge in [0, 0.05) is 23.9 Å². The number of hydrogen-bond donors (Lipinski definition) is 1. The largest absolute Gasteiger partial charge is 0.352 e. The van der Waals surface area contributed by atoms with Gasteiger partial charge in [0.25, 0.3) is 0 Å². The number of nitrogens with zero attached hydrogens (tertiary/aromatic N) is 1. The van der Waals surface area contributed by atoms with Gasteiger partial charge in [-0.15, -0.1) is 11.8 Å². The highest BCUT2D eigenvalue weighted by atomic mass is 32.2. The van der Waals surface area contributed by atoms with Gasteiger partial charge in [-0.2, -0.15) is 0 Å². The van der Waals surface area contributed by atoms with E-state index in [-0.39, 0.29) is 36.0 Å². The minimum Gasteiger partial charge on any atom is -0.352 e. The SMILES string of the molecule is CC(C(=O)NC1CCCCC1)N(Cc1ccccc1F)C(=O)CSCc1ccccc1. The minimum absolute atomic E-state index is 0.0800. The second-order valence-corrected chi connectivity index (χ2v) is 9.10. The number of thioether (sulfide) groups is 1. The number of carbonyl (C=O) groups excluding carboxylic acids is 2. The number of amides is 2. The van der Waals surface area contributed by atoms with E-state index in [2.05, 4.69) is 5.32 Å². The molecule has 0 heterocycles. The van der Waals surface area contributed by atoms with Crippen LogP contribution in [0.25, 0.3) is 0 Å². The first kappa shape index (κ1) is 23.3. The molecule has 6 heteroatoms. The Bertz CT molecular complexity index is 856. The van der Waals surface area contributed by atoms with Gasteiger partial charge in [0.05, 0.1) is 5.75 Å². The van der Waals surface area contributed by atoms with Crippen molar-refractivity contribution in [1.82, 2.24) is 10.2 Å². The van der Waals surface area contributed by atoms with Crippen LogP contribution in [-0.2, 0) is 21.9 Å². The van der Waals surface area contributed by atoms with Crippen LogP contribution in [0.5, 0.6) is 0 Å². The molecule has 1 saturated carbocycles. The summed E-state index contributed by atoms with van der Waals surface area (Å²) >= 11 is 1.51. The summed E-state index contributed by atoms with van der Waals surface area (Å²) in [7, 11) is 0. The monoisotopic (exact) mass is 442 g/mol. The average Bonchev–Trinajstić information content (AvgIpc) is 2.79. The maximum absolute atomic E-state index is 14.3. The molecule has 0 spiro atoms. The first-order chi connectivity index (χ1) is 15.0. The summed E-state index contributed by atoms with van der Waals surface area (Å²) < 4.78 is 14.3. The third kappa shape index (κ3) is 7.10. The van der Waals surface area contributed by atoms with Crippen LogP contribution in [0.15, 0.2) is 54.6 Å². The zero-order chi connectivity index (χ0) is 22.1. The van der Waals surface area contributed by atoms with Crippen LogP contribution in [0.4, 0.5) is 4.39 Å². The quantitative estimate of drug-likeness (QED) is 0.599. The molecule has 1 aliphatic rings. The van der Waals surface area contributed by atoms with Gasteiger partial charge in [-0.05, 0) is 31.4 Å². The van der Waals surface area contributed by atoms with E-state index in [1.54, 1.807) is 25.1 Å². The number of nitrogens with one attached hydrogen (secondary N) is 1. The first-order valence-electron chi connectivity index (χ1n) is 11.0. The van der Waals surface area contributed by atoms with Gasteiger partial charge in [-0.1, -0.05) is 67.8 Å². The van der Waals surface area contributed by atoms with E-state index in [4.69, 9.17) is 0 Å². The lowest BCUT2D eigenvalue weighted by molar-refractivity contribution is -0.139. The van der Waals surface area contributed by atoms with Gasteiger partial charge >= 0.3 is 0 Å². The predicted octanol–water partition coefficient (Wildman–Crippen LogP) is 4.93. The smallest absolute Gasteiger partial charge is 0.242 e. The van der Waals surface area contributed by atoms with Gasteiger partial charge in [0.1, 0.15) is 11.9 Å². The zero-order valence-corrected chi connectivity index (χ0v) is 18.9. The third-order valence-corrected chi connectivity index (χ3v) is 6.74. The van der Waals surface area contributed by atoms with Crippen molar-refractivity contribution in [3.63, 3.8) is 0 Å². The average molecular weight is 443 g/mol. The molecule has 0 aliphatic heterocycles. The zero-order valence-electron chi connectivity index (χ0n) is 18.1. The Balaban J connectivity index is 1.66. The normalized spacial score (nSPS) is 15.3. The second kappa shape index (κ2) is 11.9. The van der Waals surface area contributed by atoms with Crippen molar-refractivity contribution in [3.05, 3.63) is 71.5 Å². The molecule has 2 aromatic rings.